The minimum absolute atomic E-state index is 0.174. The van der Waals surface area contributed by atoms with Crippen LogP contribution < -0.4 is 5.73 Å². The Kier molecular flexibility index (Phi) is 5.34. The Morgan fingerprint density at radius 3 is 2.95 bits per heavy atom. The third-order valence-corrected chi connectivity index (χ3v) is 7.01. The summed E-state index contributed by atoms with van der Waals surface area (Å²) in [5, 5.41) is 10.8. The standard InChI is InChI=1S/C14H21BrClNOS/c1-2-9-4-3-5-14(7-9,8-17)12(18)11-6-10(15)13(16)19-11/h6,9,12,18H,2-5,7-8,17H2,1H3. The smallest absolute Gasteiger partial charge is 0.107 e. The van der Waals surface area contributed by atoms with Crippen molar-refractivity contribution in [2.75, 3.05) is 6.54 Å². The second kappa shape index (κ2) is 6.44. The van der Waals surface area contributed by atoms with E-state index in [1.165, 1.54) is 24.2 Å². The zero-order chi connectivity index (χ0) is 14.0. The largest absolute Gasteiger partial charge is 0.387 e. The molecule has 3 N–H and O–H groups in total. The van der Waals surface area contributed by atoms with Crippen LogP contribution in [-0.4, -0.2) is 11.7 Å². The lowest BCUT2D eigenvalue weighted by Gasteiger charge is -2.43. The molecule has 1 heterocycles. The van der Waals surface area contributed by atoms with Crippen LogP contribution in [0.25, 0.3) is 0 Å². The van der Waals surface area contributed by atoms with E-state index in [-0.39, 0.29) is 5.41 Å². The highest BCUT2D eigenvalue weighted by Gasteiger charge is 2.42. The second-order valence-corrected chi connectivity index (χ2v) is 8.15. The monoisotopic (exact) mass is 365 g/mol. The van der Waals surface area contributed by atoms with Gasteiger partial charge in [0.1, 0.15) is 4.34 Å². The fraction of sp³-hybridized carbons (Fsp3) is 0.714. The quantitative estimate of drug-likeness (QED) is 0.808. The highest BCUT2D eigenvalue weighted by molar-refractivity contribution is 9.10. The van der Waals surface area contributed by atoms with Crippen LogP contribution in [0.15, 0.2) is 10.5 Å². The molecule has 0 aromatic carbocycles. The Morgan fingerprint density at radius 1 is 1.68 bits per heavy atom. The van der Waals surface area contributed by atoms with Crippen molar-refractivity contribution in [3.63, 3.8) is 0 Å². The lowest BCUT2D eigenvalue weighted by molar-refractivity contribution is -0.0140. The first-order valence-electron chi connectivity index (χ1n) is 6.85. The number of halogens is 2. The van der Waals surface area contributed by atoms with Gasteiger partial charge in [0.05, 0.1) is 6.10 Å². The van der Waals surface area contributed by atoms with Gasteiger partial charge in [-0.1, -0.05) is 37.8 Å². The number of rotatable bonds is 4. The van der Waals surface area contributed by atoms with E-state index in [0.29, 0.717) is 16.8 Å². The molecule has 0 bridgehead atoms. The van der Waals surface area contributed by atoms with Crippen molar-refractivity contribution in [2.45, 2.75) is 45.1 Å². The fourth-order valence-electron chi connectivity index (χ4n) is 3.22. The molecule has 0 spiro atoms. The van der Waals surface area contributed by atoms with E-state index in [2.05, 4.69) is 22.9 Å². The molecule has 0 amide bonds. The molecule has 3 unspecified atom stereocenters. The number of aliphatic hydroxyl groups is 1. The molecule has 1 aliphatic carbocycles. The van der Waals surface area contributed by atoms with E-state index in [9.17, 15) is 5.11 Å². The van der Waals surface area contributed by atoms with E-state index in [1.807, 2.05) is 6.07 Å². The molecular weight excluding hydrogens is 346 g/mol. The van der Waals surface area contributed by atoms with E-state index in [4.69, 9.17) is 17.3 Å². The van der Waals surface area contributed by atoms with Crippen LogP contribution >= 0.6 is 38.9 Å². The molecular formula is C14H21BrClNOS. The highest BCUT2D eigenvalue weighted by Crippen LogP contribution is 2.50. The van der Waals surface area contributed by atoms with E-state index in [0.717, 1.165) is 28.6 Å². The second-order valence-electron chi connectivity index (χ2n) is 5.61. The molecule has 0 aliphatic heterocycles. The summed E-state index contributed by atoms with van der Waals surface area (Å²) < 4.78 is 1.56. The number of aliphatic hydroxyl groups excluding tert-OH is 1. The predicted octanol–water partition coefficient (Wildman–Crippen LogP) is 4.74. The van der Waals surface area contributed by atoms with Crippen molar-refractivity contribution in [3.05, 3.63) is 19.8 Å². The van der Waals surface area contributed by atoms with Crippen molar-refractivity contribution >= 4 is 38.9 Å². The van der Waals surface area contributed by atoms with Crippen LogP contribution in [-0.2, 0) is 0 Å². The van der Waals surface area contributed by atoms with Gasteiger partial charge in [-0.25, -0.2) is 0 Å². The summed E-state index contributed by atoms with van der Waals surface area (Å²) in [7, 11) is 0. The molecule has 1 aromatic rings. The first kappa shape index (κ1) is 15.8. The summed E-state index contributed by atoms with van der Waals surface area (Å²) in [4.78, 5) is 0.930. The Bertz CT molecular complexity index is 420. The molecule has 0 saturated heterocycles. The Morgan fingerprint density at radius 2 is 2.42 bits per heavy atom. The van der Waals surface area contributed by atoms with Crippen LogP contribution in [0, 0.1) is 11.3 Å². The number of hydrogen-bond acceptors (Lipinski definition) is 3. The summed E-state index contributed by atoms with van der Waals surface area (Å²) in [6.45, 7) is 2.76. The van der Waals surface area contributed by atoms with Crippen molar-refractivity contribution in [3.8, 4) is 0 Å². The van der Waals surface area contributed by atoms with Gasteiger partial charge in [0.2, 0.25) is 0 Å². The number of thiophene rings is 1. The maximum atomic E-state index is 10.8. The predicted molar refractivity (Wildman–Crippen MR) is 85.7 cm³/mol. The Hall–Kier alpha value is 0.390. The third-order valence-electron chi connectivity index (χ3n) is 4.48. The molecule has 3 atom stereocenters. The Labute approximate surface area is 132 Å². The van der Waals surface area contributed by atoms with Gasteiger partial charge in [0, 0.05) is 21.3 Å². The van der Waals surface area contributed by atoms with Gasteiger partial charge in [-0.05, 0) is 40.8 Å². The summed E-state index contributed by atoms with van der Waals surface area (Å²) in [5.41, 5.74) is 5.86. The van der Waals surface area contributed by atoms with Gasteiger partial charge in [-0.3, -0.25) is 0 Å². The topological polar surface area (TPSA) is 46.2 Å². The average Bonchev–Trinajstić information content (AvgIpc) is 2.77. The average molecular weight is 367 g/mol. The fourth-order valence-corrected chi connectivity index (χ4v) is 5.08. The molecule has 19 heavy (non-hydrogen) atoms. The van der Waals surface area contributed by atoms with E-state index < -0.39 is 6.10 Å². The van der Waals surface area contributed by atoms with Crippen molar-refractivity contribution in [1.82, 2.24) is 0 Å². The summed E-state index contributed by atoms with van der Waals surface area (Å²) >= 11 is 10.9. The van der Waals surface area contributed by atoms with Gasteiger partial charge in [-0.2, -0.15) is 0 Å². The molecule has 2 nitrogen and oxygen atoms in total. The minimum Gasteiger partial charge on any atom is -0.387 e. The van der Waals surface area contributed by atoms with Crippen molar-refractivity contribution in [2.24, 2.45) is 17.1 Å². The lowest BCUT2D eigenvalue weighted by Crippen LogP contribution is -2.40. The van der Waals surface area contributed by atoms with Crippen LogP contribution in [0.5, 0.6) is 0 Å². The van der Waals surface area contributed by atoms with Gasteiger partial charge in [-0.15, -0.1) is 11.3 Å². The van der Waals surface area contributed by atoms with Gasteiger partial charge < -0.3 is 10.8 Å². The van der Waals surface area contributed by atoms with E-state index >= 15 is 0 Å². The van der Waals surface area contributed by atoms with Gasteiger partial charge in [0.15, 0.2) is 0 Å². The van der Waals surface area contributed by atoms with Crippen LogP contribution in [0.4, 0.5) is 0 Å². The van der Waals surface area contributed by atoms with Crippen molar-refractivity contribution < 1.29 is 5.11 Å². The molecule has 2 rings (SSSR count). The molecule has 108 valence electrons. The summed E-state index contributed by atoms with van der Waals surface area (Å²) in [5.74, 6) is 0.686. The maximum Gasteiger partial charge on any atom is 0.107 e. The van der Waals surface area contributed by atoms with Crippen LogP contribution in [0.3, 0.4) is 0 Å². The normalized spacial score (nSPS) is 29.4. The Balaban J connectivity index is 2.24. The SMILES string of the molecule is CCC1CCCC(CN)(C(O)c2cc(Br)c(Cl)s2)C1. The lowest BCUT2D eigenvalue weighted by atomic mass is 9.65. The van der Waals surface area contributed by atoms with Crippen LogP contribution in [0.1, 0.15) is 50.0 Å². The molecule has 5 heteroatoms. The van der Waals surface area contributed by atoms with E-state index in [1.54, 1.807) is 0 Å². The van der Waals surface area contributed by atoms with Crippen molar-refractivity contribution in [1.29, 1.82) is 0 Å². The maximum absolute atomic E-state index is 10.8. The van der Waals surface area contributed by atoms with Gasteiger partial charge >= 0.3 is 0 Å². The zero-order valence-electron chi connectivity index (χ0n) is 11.2. The minimum atomic E-state index is -0.499. The molecule has 1 aromatic heterocycles. The molecule has 0 radical (unpaired) electrons. The first-order chi connectivity index (χ1) is 9.02. The van der Waals surface area contributed by atoms with Crippen LogP contribution in [0.2, 0.25) is 4.34 Å². The summed E-state index contributed by atoms with van der Waals surface area (Å²) in [6.07, 6.45) is 5.12. The number of nitrogens with two attached hydrogens (primary N) is 1. The molecule has 1 fully saturated rings. The van der Waals surface area contributed by atoms with Gasteiger partial charge in [0.25, 0.3) is 0 Å². The third kappa shape index (κ3) is 3.18. The summed E-state index contributed by atoms with van der Waals surface area (Å²) in [6, 6.07) is 1.94. The molecule has 1 aliphatic rings. The molecule has 1 saturated carbocycles. The number of hydrogen-bond donors (Lipinski definition) is 2. The zero-order valence-corrected chi connectivity index (χ0v) is 14.3. The highest BCUT2D eigenvalue weighted by atomic mass is 79.9. The first-order valence-corrected chi connectivity index (χ1v) is 8.84.